The minimum absolute atomic E-state index is 0.0787. The first-order valence-corrected chi connectivity index (χ1v) is 14.5. The molecule has 7 nitrogen and oxygen atoms in total. The predicted molar refractivity (Wildman–Crippen MR) is 156 cm³/mol. The van der Waals surface area contributed by atoms with Gasteiger partial charge in [0.15, 0.2) is 0 Å². The molecule has 210 valence electrons. The summed E-state index contributed by atoms with van der Waals surface area (Å²) in [5, 5.41) is 19.5. The molecule has 2 aliphatic heterocycles. The van der Waals surface area contributed by atoms with E-state index in [1.54, 1.807) is 36.4 Å². The van der Waals surface area contributed by atoms with Crippen molar-refractivity contribution in [1.82, 2.24) is 10.2 Å². The van der Waals surface area contributed by atoms with Gasteiger partial charge in [-0.05, 0) is 90.8 Å². The molecule has 3 N–H and O–H groups in total. The minimum atomic E-state index is -0.724. The van der Waals surface area contributed by atoms with Crippen molar-refractivity contribution in [3.05, 3.63) is 93.8 Å². The molecule has 0 spiro atoms. The highest BCUT2D eigenvalue weighted by atomic mass is 35.5. The number of hydrogen-bond donors (Lipinski definition) is 3. The molecule has 3 aromatic rings. The maximum absolute atomic E-state index is 15.2. The van der Waals surface area contributed by atoms with E-state index in [0.717, 1.165) is 29.5 Å². The summed E-state index contributed by atoms with van der Waals surface area (Å²) < 4.78 is 15.2. The molecule has 0 bridgehead atoms. The molecule has 1 aliphatic carbocycles. The summed E-state index contributed by atoms with van der Waals surface area (Å²) in [7, 11) is 0. The second kappa shape index (κ2) is 11.2. The number of benzene rings is 3. The lowest BCUT2D eigenvalue weighted by Gasteiger charge is -2.33. The van der Waals surface area contributed by atoms with Gasteiger partial charge in [0.25, 0.3) is 0 Å². The van der Waals surface area contributed by atoms with E-state index in [-0.39, 0.29) is 5.69 Å². The lowest BCUT2D eigenvalue weighted by molar-refractivity contribution is -0.119. The topological polar surface area (TPSA) is 97.3 Å². The third-order valence-electron chi connectivity index (χ3n) is 8.58. The van der Waals surface area contributed by atoms with Crippen molar-refractivity contribution >= 4 is 34.9 Å². The molecule has 1 unspecified atom stereocenters. The maximum atomic E-state index is 15.2. The van der Waals surface area contributed by atoms with Gasteiger partial charge in [-0.25, -0.2) is 9.18 Å². The normalized spacial score (nSPS) is 21.3. The van der Waals surface area contributed by atoms with Crippen molar-refractivity contribution in [2.45, 2.75) is 56.7 Å². The van der Waals surface area contributed by atoms with Crippen LogP contribution >= 0.6 is 11.6 Å². The van der Waals surface area contributed by atoms with E-state index in [9.17, 15) is 14.9 Å². The Morgan fingerprint density at radius 2 is 1.90 bits per heavy atom. The van der Waals surface area contributed by atoms with Crippen LogP contribution in [-0.2, 0) is 16.9 Å². The van der Waals surface area contributed by atoms with Gasteiger partial charge in [0, 0.05) is 23.8 Å². The number of fused-ring (bicyclic) bond motifs is 1. The number of anilines is 2. The van der Waals surface area contributed by atoms with Gasteiger partial charge in [-0.1, -0.05) is 42.6 Å². The van der Waals surface area contributed by atoms with Gasteiger partial charge in [0.2, 0.25) is 5.91 Å². The average Bonchev–Trinajstić information content (AvgIpc) is 3.53. The van der Waals surface area contributed by atoms with Crippen LogP contribution in [0.3, 0.4) is 0 Å². The molecule has 3 aliphatic rings. The first kappa shape index (κ1) is 27.3. The Labute approximate surface area is 243 Å². The molecule has 2 heterocycles. The van der Waals surface area contributed by atoms with Crippen molar-refractivity contribution in [2.75, 3.05) is 17.2 Å². The standard InChI is InChI=1S/C32H31ClFN5O2/c33-23-9-11-24(12-10-23)37-31(41)39-16-2-5-29(39)30(40)38-28-17-22(8-13-27(28)34)32(15-14-20-6-7-20)26-4-1-3-21(18-35)25(26)19-36-32/h1,3-4,8-13,17,20,29,36H,2,5-7,14-16,19H2,(H,37,41)(H,38,40)/t29-,32?/m0/s1. The molecule has 3 aromatic carbocycles. The molecule has 2 fully saturated rings. The SMILES string of the molecule is N#Cc1cccc2c1CNC2(CCC1CC1)c1ccc(F)c(NC(=O)[C@@H]2CCCN2C(=O)Nc2ccc(Cl)cc2)c1. The first-order chi connectivity index (χ1) is 19.9. The van der Waals surface area contributed by atoms with Crippen molar-refractivity contribution in [1.29, 1.82) is 5.26 Å². The third kappa shape index (κ3) is 5.40. The van der Waals surface area contributed by atoms with Crippen LogP contribution in [0.5, 0.6) is 0 Å². The second-order valence-corrected chi connectivity index (χ2v) is 11.6. The van der Waals surface area contributed by atoms with Crippen LogP contribution in [0.2, 0.25) is 5.02 Å². The summed E-state index contributed by atoms with van der Waals surface area (Å²) in [5.74, 6) is -0.286. The lowest BCUT2D eigenvalue weighted by Crippen LogP contribution is -2.45. The Kier molecular flexibility index (Phi) is 7.41. The van der Waals surface area contributed by atoms with E-state index < -0.39 is 29.3 Å². The highest BCUT2D eigenvalue weighted by molar-refractivity contribution is 6.30. The summed E-state index contributed by atoms with van der Waals surface area (Å²) in [6.45, 7) is 0.967. The molecular weight excluding hydrogens is 541 g/mol. The molecular formula is C32H31ClFN5O2. The number of carbonyl (C=O) groups excluding carboxylic acids is 2. The Bertz CT molecular complexity index is 1530. The number of halogens is 2. The van der Waals surface area contributed by atoms with Crippen molar-refractivity contribution in [2.24, 2.45) is 5.92 Å². The van der Waals surface area contributed by atoms with E-state index >= 15 is 4.39 Å². The number of nitrogens with one attached hydrogen (secondary N) is 3. The highest BCUT2D eigenvalue weighted by Crippen LogP contribution is 2.46. The highest BCUT2D eigenvalue weighted by Gasteiger charge is 2.42. The average molecular weight is 572 g/mol. The minimum Gasteiger partial charge on any atom is -0.322 e. The van der Waals surface area contributed by atoms with Crippen LogP contribution in [0.15, 0.2) is 60.7 Å². The Hall–Kier alpha value is -3.93. The largest absolute Gasteiger partial charge is 0.322 e. The summed E-state index contributed by atoms with van der Waals surface area (Å²) >= 11 is 5.94. The van der Waals surface area contributed by atoms with Crippen LogP contribution in [0, 0.1) is 23.1 Å². The first-order valence-electron chi connectivity index (χ1n) is 14.1. The molecule has 0 aromatic heterocycles. The number of likely N-dealkylation sites (tertiary alicyclic amines) is 1. The van der Waals surface area contributed by atoms with Crippen LogP contribution in [0.1, 0.15) is 60.8 Å². The van der Waals surface area contributed by atoms with Crippen molar-refractivity contribution in [3.63, 3.8) is 0 Å². The number of nitrogens with zero attached hydrogens (tertiary/aromatic N) is 2. The summed E-state index contributed by atoms with van der Waals surface area (Å²) in [6.07, 6.45) is 5.41. The molecule has 0 radical (unpaired) electrons. The molecule has 2 atom stereocenters. The molecule has 41 heavy (non-hydrogen) atoms. The number of amides is 3. The van der Waals surface area contributed by atoms with Crippen molar-refractivity contribution in [3.8, 4) is 6.07 Å². The molecule has 9 heteroatoms. The van der Waals surface area contributed by atoms with Gasteiger partial charge in [0.1, 0.15) is 11.9 Å². The molecule has 6 rings (SSSR count). The summed E-state index contributed by atoms with van der Waals surface area (Å²) in [6, 6.07) is 18.5. The Morgan fingerprint density at radius 3 is 2.66 bits per heavy atom. The second-order valence-electron chi connectivity index (χ2n) is 11.2. The summed E-state index contributed by atoms with van der Waals surface area (Å²) in [4.78, 5) is 27.9. The predicted octanol–water partition coefficient (Wildman–Crippen LogP) is 6.52. The fourth-order valence-electron chi connectivity index (χ4n) is 6.18. The zero-order chi connectivity index (χ0) is 28.6. The number of hydrogen-bond acceptors (Lipinski definition) is 4. The summed E-state index contributed by atoms with van der Waals surface area (Å²) in [5.41, 5.74) is 3.54. The van der Waals surface area contributed by atoms with Crippen LogP contribution < -0.4 is 16.0 Å². The van der Waals surface area contributed by atoms with Gasteiger partial charge in [0.05, 0.1) is 22.9 Å². The van der Waals surface area contributed by atoms with Gasteiger partial charge >= 0.3 is 6.03 Å². The fraction of sp³-hybridized carbons (Fsp3) is 0.344. The van der Waals surface area contributed by atoms with E-state index in [1.165, 1.54) is 23.8 Å². The Morgan fingerprint density at radius 1 is 1.10 bits per heavy atom. The van der Waals surface area contributed by atoms with Gasteiger partial charge in [-0.3, -0.25) is 10.1 Å². The van der Waals surface area contributed by atoms with E-state index in [2.05, 4.69) is 22.0 Å². The van der Waals surface area contributed by atoms with Crippen molar-refractivity contribution < 1.29 is 14.0 Å². The van der Waals surface area contributed by atoms with Gasteiger partial charge < -0.3 is 15.5 Å². The number of urea groups is 1. The van der Waals surface area contributed by atoms with E-state index in [4.69, 9.17) is 11.6 Å². The molecule has 1 saturated heterocycles. The smallest absolute Gasteiger partial charge is 0.322 e. The van der Waals surface area contributed by atoms with Crippen LogP contribution in [-0.4, -0.2) is 29.4 Å². The Balaban J connectivity index is 1.25. The zero-order valence-corrected chi connectivity index (χ0v) is 23.3. The van der Waals surface area contributed by atoms with E-state index in [1.807, 2.05) is 18.2 Å². The van der Waals surface area contributed by atoms with Gasteiger partial charge in [-0.2, -0.15) is 5.26 Å². The van der Waals surface area contributed by atoms with E-state index in [0.29, 0.717) is 48.1 Å². The lowest BCUT2D eigenvalue weighted by atomic mass is 9.78. The van der Waals surface area contributed by atoms with Crippen LogP contribution in [0.4, 0.5) is 20.6 Å². The molecule has 1 saturated carbocycles. The number of rotatable bonds is 7. The number of nitriles is 1. The maximum Gasteiger partial charge on any atom is 0.322 e. The zero-order valence-electron chi connectivity index (χ0n) is 22.6. The number of carbonyl (C=O) groups is 2. The fourth-order valence-corrected chi connectivity index (χ4v) is 6.31. The van der Waals surface area contributed by atoms with Crippen LogP contribution in [0.25, 0.3) is 0 Å². The quantitative estimate of drug-likeness (QED) is 0.301. The molecule has 3 amide bonds. The third-order valence-corrected chi connectivity index (χ3v) is 8.83. The van der Waals surface area contributed by atoms with Gasteiger partial charge in [-0.15, -0.1) is 0 Å². The monoisotopic (exact) mass is 571 g/mol.